The van der Waals surface area contributed by atoms with Crippen molar-refractivity contribution in [1.29, 1.82) is 0 Å². The number of piperidine rings is 1. The average molecular weight is 486 g/mol. The van der Waals surface area contributed by atoms with E-state index < -0.39 is 23.7 Å². The van der Waals surface area contributed by atoms with E-state index >= 15 is 0 Å². The molecule has 0 aromatic heterocycles. The van der Waals surface area contributed by atoms with E-state index in [4.69, 9.17) is 10.2 Å². The van der Waals surface area contributed by atoms with Gasteiger partial charge in [0.15, 0.2) is 0 Å². The Morgan fingerprint density at radius 2 is 1.59 bits per heavy atom. The van der Waals surface area contributed by atoms with E-state index in [1.54, 1.807) is 0 Å². The summed E-state index contributed by atoms with van der Waals surface area (Å²) in [5.74, 6) is -2.55. The second-order valence-corrected chi connectivity index (χ2v) is 8.32. The van der Waals surface area contributed by atoms with Gasteiger partial charge in [-0.2, -0.15) is 13.2 Å². The first-order valence-electron chi connectivity index (χ1n) is 11.0. The molecular weight excluding hydrogens is 457 g/mol. The number of hydrogen-bond donors (Lipinski definition) is 3. The summed E-state index contributed by atoms with van der Waals surface area (Å²) in [6, 6.07) is 4.95. The second kappa shape index (κ2) is 12.5. The topological polar surface area (TPSA) is 118 Å². The molecule has 2 aliphatic heterocycles. The molecular formula is C23H29F3N2O6. The van der Waals surface area contributed by atoms with E-state index in [0.717, 1.165) is 50.9 Å². The van der Waals surface area contributed by atoms with Crippen molar-refractivity contribution in [2.75, 3.05) is 26.2 Å². The lowest BCUT2D eigenvalue weighted by Gasteiger charge is -2.38. The van der Waals surface area contributed by atoms with Gasteiger partial charge in [0.25, 0.3) is 0 Å². The third kappa shape index (κ3) is 9.14. The van der Waals surface area contributed by atoms with Crippen molar-refractivity contribution in [2.45, 2.75) is 50.4 Å². The molecule has 0 aliphatic carbocycles. The Balaban J connectivity index is 0.000000440. The molecule has 0 spiro atoms. The zero-order chi connectivity index (χ0) is 25.3. The number of hydrogen-bond acceptors (Lipinski definition) is 5. The molecule has 3 N–H and O–H groups in total. The summed E-state index contributed by atoms with van der Waals surface area (Å²) < 4.78 is 37.9. The van der Waals surface area contributed by atoms with Crippen molar-refractivity contribution in [3.05, 3.63) is 47.5 Å². The maximum Gasteiger partial charge on any atom is 0.416 e. The molecule has 2 aliphatic rings. The molecule has 0 saturated carbocycles. The van der Waals surface area contributed by atoms with Gasteiger partial charge in [0.05, 0.1) is 18.1 Å². The summed E-state index contributed by atoms with van der Waals surface area (Å²) in [5, 5.41) is 25.3. The van der Waals surface area contributed by atoms with Gasteiger partial charge in [0, 0.05) is 44.4 Å². The highest BCUT2D eigenvalue weighted by Crippen LogP contribution is 2.29. The lowest BCUT2D eigenvalue weighted by atomic mass is 10.00. The smallest absolute Gasteiger partial charge is 0.416 e. The molecule has 3 rings (SSSR count). The standard InChI is InChI=1S/C19H25F3N2O2.C4H4O4/c20-19(21,22)15-6-4-14(5-7-15)11-18(26)24-9-2-1-3-16(24)12-23-10-8-17(25)13-23;5-3(6)1-2-4(7)8/h4-7,16-17,25H,1-3,8-13H2;1-2H,(H,5,6)(H,7,8). The number of benzene rings is 1. The van der Waals surface area contributed by atoms with E-state index in [1.165, 1.54) is 12.1 Å². The number of β-amino-alcohol motifs (C(OH)–C–C–N with tert-alkyl or cyclic N) is 1. The summed E-state index contributed by atoms with van der Waals surface area (Å²) in [7, 11) is 0. The van der Waals surface area contributed by atoms with Crippen LogP contribution in [0.15, 0.2) is 36.4 Å². The number of rotatable bonds is 6. The van der Waals surface area contributed by atoms with Gasteiger partial charge in [-0.15, -0.1) is 0 Å². The van der Waals surface area contributed by atoms with Gasteiger partial charge in [-0.05, 0) is 43.4 Å². The number of amides is 1. The quantitative estimate of drug-likeness (QED) is 0.529. The first-order chi connectivity index (χ1) is 16.0. The second-order valence-electron chi connectivity index (χ2n) is 8.32. The average Bonchev–Trinajstić information content (AvgIpc) is 3.17. The van der Waals surface area contributed by atoms with Crippen LogP contribution in [0.25, 0.3) is 0 Å². The summed E-state index contributed by atoms with van der Waals surface area (Å²) >= 11 is 0. The van der Waals surface area contributed by atoms with Crippen molar-refractivity contribution in [1.82, 2.24) is 9.80 Å². The highest BCUT2D eigenvalue weighted by molar-refractivity contribution is 5.89. The molecule has 0 bridgehead atoms. The van der Waals surface area contributed by atoms with E-state index in [1.807, 2.05) is 4.90 Å². The lowest BCUT2D eigenvalue weighted by Crippen LogP contribution is -2.49. The van der Waals surface area contributed by atoms with Gasteiger partial charge in [-0.25, -0.2) is 9.59 Å². The van der Waals surface area contributed by atoms with Crippen LogP contribution in [0.5, 0.6) is 0 Å². The minimum Gasteiger partial charge on any atom is -0.478 e. The van der Waals surface area contributed by atoms with E-state index in [0.29, 0.717) is 30.8 Å². The molecule has 1 amide bonds. The number of carbonyl (C=O) groups excluding carboxylic acids is 1. The molecule has 2 saturated heterocycles. The van der Waals surface area contributed by atoms with Gasteiger partial charge in [-0.3, -0.25) is 9.69 Å². The Morgan fingerprint density at radius 3 is 2.09 bits per heavy atom. The van der Waals surface area contributed by atoms with Crippen LogP contribution in [0.3, 0.4) is 0 Å². The van der Waals surface area contributed by atoms with Gasteiger partial charge >= 0.3 is 18.1 Å². The highest BCUT2D eigenvalue weighted by atomic mass is 19.4. The fourth-order valence-electron chi connectivity index (χ4n) is 4.03. The Labute approximate surface area is 195 Å². The number of alkyl halides is 3. The molecule has 2 atom stereocenters. The van der Waals surface area contributed by atoms with Crippen LogP contribution in [-0.2, 0) is 27.0 Å². The van der Waals surface area contributed by atoms with Crippen LogP contribution >= 0.6 is 0 Å². The fourth-order valence-corrected chi connectivity index (χ4v) is 4.03. The van der Waals surface area contributed by atoms with E-state index in [9.17, 15) is 32.7 Å². The highest BCUT2D eigenvalue weighted by Gasteiger charge is 2.32. The van der Waals surface area contributed by atoms with Crippen LogP contribution in [0.2, 0.25) is 0 Å². The lowest BCUT2D eigenvalue weighted by molar-refractivity contribution is -0.137. The minimum absolute atomic E-state index is 0.0331. The predicted molar refractivity (Wildman–Crippen MR) is 116 cm³/mol. The minimum atomic E-state index is -4.36. The summed E-state index contributed by atoms with van der Waals surface area (Å²) in [6.07, 6.45) is 0.332. The van der Waals surface area contributed by atoms with Crippen molar-refractivity contribution in [3.8, 4) is 0 Å². The molecule has 0 radical (unpaired) electrons. The van der Waals surface area contributed by atoms with Crippen LogP contribution < -0.4 is 0 Å². The first-order valence-corrected chi connectivity index (χ1v) is 11.0. The molecule has 2 heterocycles. The molecule has 34 heavy (non-hydrogen) atoms. The summed E-state index contributed by atoms with van der Waals surface area (Å²) in [6.45, 7) is 2.95. The maximum atomic E-state index is 12.7. The largest absolute Gasteiger partial charge is 0.478 e. The Bertz CT molecular complexity index is 856. The zero-order valence-corrected chi connectivity index (χ0v) is 18.6. The zero-order valence-electron chi connectivity index (χ0n) is 18.6. The van der Waals surface area contributed by atoms with Crippen molar-refractivity contribution in [2.24, 2.45) is 0 Å². The van der Waals surface area contributed by atoms with Crippen molar-refractivity contribution < 1.29 is 42.9 Å². The van der Waals surface area contributed by atoms with Gasteiger partial charge < -0.3 is 20.2 Å². The third-order valence-electron chi connectivity index (χ3n) is 5.67. The van der Waals surface area contributed by atoms with Gasteiger partial charge in [0.1, 0.15) is 0 Å². The van der Waals surface area contributed by atoms with Crippen molar-refractivity contribution in [3.63, 3.8) is 0 Å². The third-order valence-corrected chi connectivity index (χ3v) is 5.67. The molecule has 2 unspecified atom stereocenters. The number of aliphatic hydroxyl groups excluding tert-OH is 1. The fraction of sp³-hybridized carbons (Fsp3) is 0.522. The van der Waals surface area contributed by atoms with Crippen LogP contribution in [0.4, 0.5) is 13.2 Å². The normalized spacial score (nSPS) is 21.2. The molecule has 188 valence electrons. The predicted octanol–water partition coefficient (Wildman–Crippen LogP) is 2.41. The summed E-state index contributed by atoms with van der Waals surface area (Å²) in [5.41, 5.74) is -0.0962. The number of nitrogens with zero attached hydrogens (tertiary/aromatic N) is 2. The Kier molecular flexibility index (Phi) is 10.1. The molecule has 1 aromatic carbocycles. The van der Waals surface area contributed by atoms with Gasteiger partial charge in [0.2, 0.25) is 5.91 Å². The number of aliphatic hydroxyl groups is 1. The van der Waals surface area contributed by atoms with Gasteiger partial charge in [-0.1, -0.05) is 12.1 Å². The van der Waals surface area contributed by atoms with Crippen molar-refractivity contribution >= 4 is 17.8 Å². The monoisotopic (exact) mass is 486 g/mol. The number of carboxylic acid groups (broad SMARTS) is 2. The molecule has 11 heteroatoms. The van der Waals surface area contributed by atoms with E-state index in [2.05, 4.69) is 4.90 Å². The number of halogens is 3. The number of carbonyl (C=O) groups is 3. The maximum absolute atomic E-state index is 12.7. The molecule has 1 aromatic rings. The number of carboxylic acids is 2. The number of aliphatic carboxylic acids is 2. The van der Waals surface area contributed by atoms with Crippen LogP contribution in [0, 0.1) is 0 Å². The first kappa shape index (κ1) is 27.3. The van der Waals surface area contributed by atoms with Crippen LogP contribution in [0.1, 0.15) is 36.8 Å². The SMILES string of the molecule is O=C(Cc1ccc(C(F)(F)F)cc1)N1CCCCC1CN1CCC(O)C1.O=C(O)C=CC(=O)O. The summed E-state index contributed by atoms with van der Waals surface area (Å²) in [4.78, 5) is 35.9. The molecule has 2 fully saturated rings. The molecule has 8 nitrogen and oxygen atoms in total. The van der Waals surface area contributed by atoms with Crippen LogP contribution in [-0.4, -0.2) is 81.3 Å². The Hall–Kier alpha value is -2.92. The number of likely N-dealkylation sites (tertiary alicyclic amines) is 2. The van der Waals surface area contributed by atoms with E-state index in [-0.39, 0.29) is 24.5 Å². The Morgan fingerprint density at radius 1 is 0.971 bits per heavy atom.